The summed E-state index contributed by atoms with van der Waals surface area (Å²) in [6.45, 7) is 2.11. The van der Waals surface area contributed by atoms with E-state index in [1.165, 1.54) is 0 Å². The summed E-state index contributed by atoms with van der Waals surface area (Å²) in [5.74, 6) is 1.16. The zero-order valence-electron chi connectivity index (χ0n) is 11.2. The summed E-state index contributed by atoms with van der Waals surface area (Å²) < 4.78 is 10.8. The molecule has 1 aromatic carbocycles. The molecule has 2 rings (SSSR count). The molecule has 0 unspecified atom stereocenters. The number of rotatable bonds is 5. The minimum atomic E-state index is 0.235. The van der Waals surface area contributed by atoms with Crippen molar-refractivity contribution < 1.29 is 14.3 Å². The molecule has 0 saturated carbocycles. The third-order valence-electron chi connectivity index (χ3n) is 2.72. The molecule has 20 heavy (non-hydrogen) atoms. The van der Waals surface area contributed by atoms with E-state index < -0.39 is 0 Å². The van der Waals surface area contributed by atoms with Crippen molar-refractivity contribution in [3.8, 4) is 11.5 Å². The molecule has 2 aromatic rings. The van der Waals surface area contributed by atoms with Crippen molar-refractivity contribution in [2.24, 2.45) is 0 Å². The van der Waals surface area contributed by atoms with Crippen molar-refractivity contribution in [1.29, 1.82) is 0 Å². The SMILES string of the molecule is COc1cc(C)nc(COc2cccc(Cl)c2C=O)c1. The molecule has 4 nitrogen and oxygen atoms in total. The summed E-state index contributed by atoms with van der Waals surface area (Å²) in [5.41, 5.74) is 1.90. The number of benzene rings is 1. The van der Waals surface area contributed by atoms with Gasteiger partial charge in [0.15, 0.2) is 6.29 Å². The Kier molecular flexibility index (Phi) is 4.58. The lowest BCUT2D eigenvalue weighted by Crippen LogP contribution is -2.02. The molecule has 1 aromatic heterocycles. The number of hydrogen-bond donors (Lipinski definition) is 0. The van der Waals surface area contributed by atoms with Crippen LogP contribution >= 0.6 is 11.6 Å². The first kappa shape index (κ1) is 14.3. The molecule has 0 aliphatic heterocycles. The maximum atomic E-state index is 11.0. The third kappa shape index (κ3) is 3.27. The van der Waals surface area contributed by atoms with Crippen molar-refractivity contribution in [3.63, 3.8) is 0 Å². The van der Waals surface area contributed by atoms with Crippen LogP contribution < -0.4 is 9.47 Å². The second kappa shape index (κ2) is 6.39. The summed E-state index contributed by atoms with van der Waals surface area (Å²) >= 11 is 5.94. The number of carbonyl (C=O) groups excluding carboxylic acids is 1. The average molecular weight is 292 g/mol. The van der Waals surface area contributed by atoms with Gasteiger partial charge >= 0.3 is 0 Å². The molecule has 0 fully saturated rings. The number of aldehydes is 1. The highest BCUT2D eigenvalue weighted by Gasteiger charge is 2.08. The topological polar surface area (TPSA) is 48.4 Å². The predicted molar refractivity (Wildman–Crippen MR) is 76.7 cm³/mol. The molecular weight excluding hydrogens is 278 g/mol. The van der Waals surface area contributed by atoms with E-state index in [4.69, 9.17) is 21.1 Å². The molecule has 0 radical (unpaired) electrons. The summed E-state index contributed by atoms with van der Waals surface area (Å²) in [7, 11) is 1.60. The van der Waals surface area contributed by atoms with Gasteiger partial charge in [-0.3, -0.25) is 9.78 Å². The van der Waals surface area contributed by atoms with Crippen molar-refractivity contribution in [2.45, 2.75) is 13.5 Å². The molecule has 0 N–H and O–H groups in total. The van der Waals surface area contributed by atoms with Gasteiger partial charge in [-0.2, -0.15) is 0 Å². The van der Waals surface area contributed by atoms with Gasteiger partial charge in [0.25, 0.3) is 0 Å². The summed E-state index contributed by atoms with van der Waals surface area (Å²) in [5, 5.41) is 0.368. The molecule has 0 amide bonds. The fraction of sp³-hybridized carbons (Fsp3) is 0.200. The van der Waals surface area contributed by atoms with Gasteiger partial charge in [-0.1, -0.05) is 17.7 Å². The number of pyridine rings is 1. The molecule has 104 valence electrons. The molecule has 1 heterocycles. The van der Waals surface area contributed by atoms with Crippen LogP contribution in [-0.2, 0) is 6.61 Å². The Morgan fingerprint density at radius 1 is 1.35 bits per heavy atom. The number of aryl methyl sites for hydroxylation is 1. The van der Waals surface area contributed by atoms with Gasteiger partial charge < -0.3 is 9.47 Å². The van der Waals surface area contributed by atoms with Crippen molar-refractivity contribution >= 4 is 17.9 Å². The van der Waals surface area contributed by atoms with E-state index >= 15 is 0 Å². The largest absolute Gasteiger partial charge is 0.497 e. The molecule has 0 spiro atoms. The minimum Gasteiger partial charge on any atom is -0.497 e. The average Bonchev–Trinajstić information content (AvgIpc) is 2.44. The standard InChI is InChI=1S/C15H14ClNO3/c1-10-6-12(19-2)7-11(17-10)9-20-15-5-3-4-14(16)13(15)8-18/h3-8H,9H2,1-2H3. The van der Waals surface area contributed by atoms with E-state index in [1.807, 2.05) is 13.0 Å². The Bertz CT molecular complexity index is 629. The lowest BCUT2D eigenvalue weighted by molar-refractivity contribution is 0.111. The van der Waals surface area contributed by atoms with Gasteiger partial charge in [-0.15, -0.1) is 0 Å². The number of carbonyl (C=O) groups is 1. The first-order valence-electron chi connectivity index (χ1n) is 6.02. The zero-order valence-corrected chi connectivity index (χ0v) is 12.0. The van der Waals surface area contributed by atoms with Crippen LogP contribution in [0.2, 0.25) is 5.02 Å². The lowest BCUT2D eigenvalue weighted by Gasteiger charge is -2.10. The second-order valence-electron chi connectivity index (χ2n) is 4.20. The van der Waals surface area contributed by atoms with E-state index in [-0.39, 0.29) is 6.61 Å². The Hall–Kier alpha value is -2.07. The van der Waals surface area contributed by atoms with E-state index in [2.05, 4.69) is 4.98 Å². The normalized spacial score (nSPS) is 10.2. The highest BCUT2D eigenvalue weighted by molar-refractivity contribution is 6.33. The van der Waals surface area contributed by atoms with Gasteiger partial charge in [-0.25, -0.2) is 0 Å². The number of aromatic nitrogens is 1. The van der Waals surface area contributed by atoms with Crippen molar-refractivity contribution in [3.05, 3.63) is 52.3 Å². The summed E-state index contributed by atoms with van der Waals surface area (Å²) in [6.07, 6.45) is 0.682. The van der Waals surface area contributed by atoms with E-state index in [9.17, 15) is 4.79 Å². The Labute approximate surface area is 122 Å². The lowest BCUT2D eigenvalue weighted by atomic mass is 10.2. The van der Waals surface area contributed by atoms with Gasteiger partial charge in [0.05, 0.1) is 23.4 Å². The third-order valence-corrected chi connectivity index (χ3v) is 3.05. The molecule has 0 bridgehead atoms. The summed E-state index contributed by atoms with van der Waals surface area (Å²) in [4.78, 5) is 15.4. The number of methoxy groups -OCH3 is 1. The minimum absolute atomic E-state index is 0.235. The van der Waals surface area contributed by atoms with Gasteiger partial charge in [-0.05, 0) is 19.1 Å². The van der Waals surface area contributed by atoms with E-state index in [0.29, 0.717) is 22.6 Å². The molecule has 5 heteroatoms. The monoisotopic (exact) mass is 291 g/mol. The Morgan fingerprint density at radius 2 is 2.15 bits per heavy atom. The van der Waals surface area contributed by atoms with E-state index in [0.717, 1.165) is 17.1 Å². The Balaban J connectivity index is 2.19. The smallest absolute Gasteiger partial charge is 0.155 e. The fourth-order valence-corrected chi connectivity index (χ4v) is 2.01. The number of nitrogens with zero attached hydrogens (tertiary/aromatic N) is 1. The van der Waals surface area contributed by atoms with Crippen LogP contribution in [0.1, 0.15) is 21.7 Å². The van der Waals surface area contributed by atoms with Gasteiger partial charge in [0, 0.05) is 17.8 Å². The van der Waals surface area contributed by atoms with Gasteiger partial charge in [0.2, 0.25) is 0 Å². The van der Waals surface area contributed by atoms with Crippen molar-refractivity contribution in [1.82, 2.24) is 4.98 Å². The first-order chi connectivity index (χ1) is 9.63. The van der Waals surface area contributed by atoms with E-state index in [1.54, 1.807) is 31.4 Å². The van der Waals surface area contributed by atoms with Crippen LogP contribution in [-0.4, -0.2) is 18.4 Å². The van der Waals surface area contributed by atoms with Crippen LogP contribution in [0.15, 0.2) is 30.3 Å². The molecular formula is C15H14ClNO3. The van der Waals surface area contributed by atoms with Crippen LogP contribution in [0, 0.1) is 6.92 Å². The summed E-state index contributed by atoms with van der Waals surface area (Å²) in [6, 6.07) is 8.70. The maximum Gasteiger partial charge on any atom is 0.155 e. The fourth-order valence-electron chi connectivity index (χ4n) is 1.80. The van der Waals surface area contributed by atoms with Gasteiger partial charge in [0.1, 0.15) is 18.1 Å². The quantitative estimate of drug-likeness (QED) is 0.792. The molecule has 0 aliphatic rings. The highest BCUT2D eigenvalue weighted by atomic mass is 35.5. The zero-order chi connectivity index (χ0) is 14.5. The number of hydrogen-bond acceptors (Lipinski definition) is 4. The second-order valence-corrected chi connectivity index (χ2v) is 4.61. The molecule has 0 aliphatic carbocycles. The van der Waals surface area contributed by atoms with Crippen molar-refractivity contribution in [2.75, 3.05) is 7.11 Å². The maximum absolute atomic E-state index is 11.0. The Morgan fingerprint density at radius 3 is 2.85 bits per heavy atom. The number of halogens is 1. The van der Waals surface area contributed by atoms with Crippen LogP contribution in [0.4, 0.5) is 0 Å². The van der Waals surface area contributed by atoms with Crippen LogP contribution in [0.25, 0.3) is 0 Å². The highest BCUT2D eigenvalue weighted by Crippen LogP contribution is 2.25. The van der Waals surface area contributed by atoms with Crippen LogP contribution in [0.3, 0.4) is 0 Å². The molecule has 0 atom stereocenters. The first-order valence-corrected chi connectivity index (χ1v) is 6.40. The number of ether oxygens (including phenoxy) is 2. The molecule has 0 saturated heterocycles. The predicted octanol–water partition coefficient (Wildman–Crippen LogP) is 3.44. The van der Waals surface area contributed by atoms with Crippen LogP contribution in [0.5, 0.6) is 11.5 Å².